The maximum Gasteiger partial charge on any atom is 0.311 e. The molecule has 0 unspecified atom stereocenters. The van der Waals surface area contributed by atoms with Gasteiger partial charge < -0.3 is 5.73 Å². The van der Waals surface area contributed by atoms with Crippen LogP contribution in [0.4, 0.5) is 10.2 Å². The van der Waals surface area contributed by atoms with Crippen LogP contribution in [0.15, 0.2) is 18.3 Å². The lowest BCUT2D eigenvalue weighted by Crippen LogP contribution is -1.98. The van der Waals surface area contributed by atoms with Crippen molar-refractivity contribution in [2.75, 3.05) is 5.73 Å². The zero-order chi connectivity index (χ0) is 8.55. The fourth-order valence-electron chi connectivity index (χ4n) is 0.961. The third-order valence-electron chi connectivity index (χ3n) is 1.45. The van der Waals surface area contributed by atoms with Crippen LogP contribution in [-0.2, 0) is 0 Å². The average molecular weight is 164 g/mol. The van der Waals surface area contributed by atoms with E-state index < -0.39 is 6.08 Å². The van der Waals surface area contributed by atoms with Gasteiger partial charge in [0.25, 0.3) is 0 Å². The first-order valence-electron chi connectivity index (χ1n) is 3.31. The summed E-state index contributed by atoms with van der Waals surface area (Å²) in [7, 11) is 0. The number of hydrogen-bond donors (Lipinski definition) is 1. The largest absolute Gasteiger partial charge is 0.382 e. The monoisotopic (exact) mass is 164 g/mol. The molecule has 5 heteroatoms. The Bertz CT molecular complexity index is 429. The molecule has 2 rings (SSSR count). The second-order valence-corrected chi connectivity index (χ2v) is 2.25. The van der Waals surface area contributed by atoms with E-state index in [1.54, 1.807) is 18.3 Å². The summed E-state index contributed by atoms with van der Waals surface area (Å²) in [6.45, 7) is 0. The molecule has 4 nitrogen and oxygen atoms in total. The third kappa shape index (κ3) is 0.952. The summed E-state index contributed by atoms with van der Waals surface area (Å²) in [4.78, 5) is 10.8. The predicted molar refractivity (Wildman–Crippen MR) is 41.7 cm³/mol. The molecule has 0 spiro atoms. The standard InChI is InChI=1S/C7H5FN4/c8-7-11-4-2-1-3-10-5(4)6(9)12-7/h1-3H,(H2,9,11,12). The highest BCUT2D eigenvalue weighted by Gasteiger charge is 2.03. The lowest BCUT2D eigenvalue weighted by Gasteiger charge is -1.97. The van der Waals surface area contributed by atoms with Gasteiger partial charge in [-0.3, -0.25) is 4.98 Å². The first-order chi connectivity index (χ1) is 5.77. The highest BCUT2D eigenvalue weighted by Crippen LogP contribution is 2.12. The Morgan fingerprint density at radius 1 is 1.33 bits per heavy atom. The van der Waals surface area contributed by atoms with Crippen LogP contribution >= 0.6 is 0 Å². The number of rotatable bonds is 0. The van der Waals surface area contributed by atoms with Crippen molar-refractivity contribution >= 4 is 16.9 Å². The topological polar surface area (TPSA) is 64.7 Å². The number of nitrogens with two attached hydrogens (primary N) is 1. The minimum atomic E-state index is -0.826. The molecular weight excluding hydrogens is 159 g/mol. The molecule has 0 amide bonds. The Hall–Kier alpha value is -1.78. The van der Waals surface area contributed by atoms with E-state index in [1.165, 1.54) is 0 Å². The van der Waals surface area contributed by atoms with E-state index in [-0.39, 0.29) is 5.82 Å². The van der Waals surface area contributed by atoms with Crippen LogP contribution in [-0.4, -0.2) is 15.0 Å². The molecule has 0 atom stereocenters. The van der Waals surface area contributed by atoms with Crippen molar-refractivity contribution in [2.24, 2.45) is 0 Å². The van der Waals surface area contributed by atoms with Gasteiger partial charge in [0.05, 0.1) is 5.52 Å². The number of nitrogen functional groups attached to an aromatic ring is 1. The van der Waals surface area contributed by atoms with Crippen LogP contribution in [0.5, 0.6) is 0 Å². The van der Waals surface area contributed by atoms with Gasteiger partial charge in [-0.2, -0.15) is 9.37 Å². The van der Waals surface area contributed by atoms with Crippen LogP contribution in [0.2, 0.25) is 0 Å². The van der Waals surface area contributed by atoms with Gasteiger partial charge in [0.1, 0.15) is 5.52 Å². The minimum absolute atomic E-state index is 0.0677. The first kappa shape index (κ1) is 6.90. The quantitative estimate of drug-likeness (QED) is 0.583. The second-order valence-electron chi connectivity index (χ2n) is 2.25. The van der Waals surface area contributed by atoms with Crippen LogP contribution in [0.1, 0.15) is 0 Å². The molecule has 0 aliphatic carbocycles. The summed E-state index contributed by atoms with van der Waals surface area (Å²) in [5.74, 6) is 0.0677. The highest BCUT2D eigenvalue weighted by molar-refractivity contribution is 5.82. The lowest BCUT2D eigenvalue weighted by molar-refractivity contribution is 0.546. The van der Waals surface area contributed by atoms with E-state index in [2.05, 4.69) is 15.0 Å². The summed E-state index contributed by atoms with van der Waals surface area (Å²) in [6, 6.07) is 3.29. The fourth-order valence-corrected chi connectivity index (χ4v) is 0.961. The molecule has 0 aliphatic rings. The fraction of sp³-hybridized carbons (Fsp3) is 0. The molecule has 2 aromatic heterocycles. The Labute approximate surface area is 67.3 Å². The molecule has 2 heterocycles. The van der Waals surface area contributed by atoms with Crippen LogP contribution in [0.3, 0.4) is 0 Å². The maximum atomic E-state index is 12.6. The van der Waals surface area contributed by atoms with Gasteiger partial charge in [-0.05, 0) is 12.1 Å². The zero-order valence-electron chi connectivity index (χ0n) is 6.03. The zero-order valence-corrected chi connectivity index (χ0v) is 6.03. The predicted octanol–water partition coefficient (Wildman–Crippen LogP) is 0.746. The van der Waals surface area contributed by atoms with Crippen LogP contribution in [0.25, 0.3) is 11.0 Å². The number of aromatic nitrogens is 3. The van der Waals surface area contributed by atoms with Crippen LogP contribution < -0.4 is 5.73 Å². The SMILES string of the molecule is Nc1nc(F)nc2cccnc12. The van der Waals surface area contributed by atoms with Gasteiger partial charge in [0, 0.05) is 6.20 Å². The second kappa shape index (κ2) is 2.37. The molecule has 0 aliphatic heterocycles. The van der Waals surface area contributed by atoms with Crippen molar-refractivity contribution in [2.45, 2.75) is 0 Å². The normalized spacial score (nSPS) is 10.4. The molecule has 0 saturated carbocycles. The number of hydrogen-bond acceptors (Lipinski definition) is 4. The molecular formula is C7H5FN4. The number of pyridine rings is 1. The van der Waals surface area contributed by atoms with Crippen LogP contribution in [0, 0.1) is 6.08 Å². The molecule has 12 heavy (non-hydrogen) atoms. The van der Waals surface area contributed by atoms with Gasteiger partial charge in [0.2, 0.25) is 0 Å². The first-order valence-corrected chi connectivity index (χ1v) is 3.31. The molecule has 0 saturated heterocycles. The molecule has 60 valence electrons. The van der Waals surface area contributed by atoms with E-state index in [0.29, 0.717) is 11.0 Å². The number of halogens is 1. The summed E-state index contributed by atoms with van der Waals surface area (Å²) in [5, 5.41) is 0. The molecule has 0 fully saturated rings. The van der Waals surface area contributed by atoms with Crippen molar-refractivity contribution in [1.82, 2.24) is 15.0 Å². The summed E-state index contributed by atoms with van der Waals surface area (Å²) < 4.78 is 12.6. The molecule has 2 N–H and O–H groups in total. The van der Waals surface area contributed by atoms with Crippen molar-refractivity contribution in [3.63, 3.8) is 0 Å². The van der Waals surface area contributed by atoms with Crippen molar-refractivity contribution in [1.29, 1.82) is 0 Å². The molecule has 2 aromatic rings. The van der Waals surface area contributed by atoms with E-state index in [1.807, 2.05) is 0 Å². The number of anilines is 1. The Morgan fingerprint density at radius 2 is 2.17 bits per heavy atom. The van der Waals surface area contributed by atoms with Gasteiger partial charge >= 0.3 is 6.08 Å². The van der Waals surface area contributed by atoms with E-state index in [9.17, 15) is 4.39 Å². The Balaban J connectivity index is 2.89. The molecule has 0 bridgehead atoms. The Kier molecular flexibility index (Phi) is 1.36. The minimum Gasteiger partial charge on any atom is -0.382 e. The van der Waals surface area contributed by atoms with Crippen molar-refractivity contribution in [3.05, 3.63) is 24.4 Å². The van der Waals surface area contributed by atoms with Crippen molar-refractivity contribution < 1.29 is 4.39 Å². The van der Waals surface area contributed by atoms with Gasteiger partial charge in [-0.1, -0.05) is 0 Å². The van der Waals surface area contributed by atoms with Gasteiger partial charge in [-0.25, -0.2) is 4.98 Å². The number of fused-ring (bicyclic) bond motifs is 1. The van der Waals surface area contributed by atoms with Gasteiger partial charge in [-0.15, -0.1) is 0 Å². The summed E-state index contributed by atoms with van der Waals surface area (Å²) in [6.07, 6.45) is 0.730. The molecule has 0 radical (unpaired) electrons. The Morgan fingerprint density at radius 3 is 3.00 bits per heavy atom. The smallest absolute Gasteiger partial charge is 0.311 e. The number of nitrogens with zero attached hydrogens (tertiary/aromatic N) is 3. The van der Waals surface area contributed by atoms with E-state index >= 15 is 0 Å². The highest BCUT2D eigenvalue weighted by atomic mass is 19.1. The third-order valence-corrected chi connectivity index (χ3v) is 1.45. The summed E-state index contributed by atoms with van der Waals surface area (Å²) in [5.41, 5.74) is 6.25. The van der Waals surface area contributed by atoms with E-state index in [0.717, 1.165) is 0 Å². The van der Waals surface area contributed by atoms with Gasteiger partial charge in [0.15, 0.2) is 5.82 Å². The van der Waals surface area contributed by atoms with E-state index in [4.69, 9.17) is 5.73 Å². The summed E-state index contributed by atoms with van der Waals surface area (Å²) >= 11 is 0. The average Bonchev–Trinajstić information content (AvgIpc) is 2.04. The molecule has 0 aromatic carbocycles. The van der Waals surface area contributed by atoms with Crippen molar-refractivity contribution in [3.8, 4) is 0 Å². The lowest BCUT2D eigenvalue weighted by atomic mass is 10.3. The maximum absolute atomic E-state index is 12.6.